The second-order valence-corrected chi connectivity index (χ2v) is 5.57. The van der Waals surface area contributed by atoms with Gasteiger partial charge in [0.15, 0.2) is 5.58 Å². The highest BCUT2D eigenvalue weighted by Crippen LogP contribution is 2.15. The molecule has 8 nitrogen and oxygen atoms in total. The van der Waals surface area contributed by atoms with Gasteiger partial charge in [0.1, 0.15) is 0 Å². The number of aryl methyl sites for hydroxylation is 1. The molecule has 3 aromatic rings. The van der Waals surface area contributed by atoms with Gasteiger partial charge < -0.3 is 20.4 Å². The molecular weight excluding hydrogens is 336 g/mol. The summed E-state index contributed by atoms with van der Waals surface area (Å²) in [4.78, 5) is 35.2. The van der Waals surface area contributed by atoms with E-state index in [-0.39, 0.29) is 24.9 Å². The van der Waals surface area contributed by atoms with Gasteiger partial charge in [-0.2, -0.15) is 0 Å². The highest BCUT2D eigenvalue weighted by Gasteiger charge is 2.10. The van der Waals surface area contributed by atoms with E-state index in [0.717, 1.165) is 0 Å². The Hall–Kier alpha value is -3.55. The second-order valence-electron chi connectivity index (χ2n) is 5.57. The van der Waals surface area contributed by atoms with Crippen molar-refractivity contribution >= 4 is 34.4 Å². The minimum absolute atomic E-state index is 0.127. The van der Waals surface area contributed by atoms with Crippen LogP contribution in [0, 0.1) is 0 Å². The number of aromatic nitrogens is 1. The summed E-state index contributed by atoms with van der Waals surface area (Å²) in [5, 5.41) is 7.83. The fourth-order valence-electron chi connectivity index (χ4n) is 2.49. The van der Waals surface area contributed by atoms with Gasteiger partial charge in [-0.1, -0.05) is 12.1 Å². The van der Waals surface area contributed by atoms with Gasteiger partial charge in [0.05, 0.1) is 5.52 Å². The van der Waals surface area contributed by atoms with E-state index in [2.05, 4.69) is 16.0 Å². The van der Waals surface area contributed by atoms with Crippen molar-refractivity contribution in [2.75, 3.05) is 17.7 Å². The number of nitrogens with one attached hydrogen (secondary N) is 3. The van der Waals surface area contributed by atoms with Crippen molar-refractivity contribution in [1.29, 1.82) is 0 Å². The highest BCUT2D eigenvalue weighted by molar-refractivity contribution is 5.92. The van der Waals surface area contributed by atoms with Gasteiger partial charge in [0.2, 0.25) is 5.91 Å². The van der Waals surface area contributed by atoms with Crippen molar-refractivity contribution in [1.82, 2.24) is 9.88 Å². The molecule has 3 rings (SSSR count). The second kappa shape index (κ2) is 7.56. The Balaban J connectivity index is 1.59. The normalized spacial score (nSPS) is 10.5. The number of amides is 3. The fourth-order valence-corrected chi connectivity index (χ4v) is 2.49. The predicted octanol–water partition coefficient (Wildman–Crippen LogP) is 2.37. The first-order chi connectivity index (χ1) is 12.6. The Labute approximate surface area is 148 Å². The lowest BCUT2D eigenvalue weighted by molar-refractivity contribution is -0.116. The van der Waals surface area contributed by atoms with Gasteiger partial charge in [-0.15, -0.1) is 0 Å². The summed E-state index contributed by atoms with van der Waals surface area (Å²) in [5.41, 5.74) is 2.37. The quantitative estimate of drug-likeness (QED) is 0.654. The van der Waals surface area contributed by atoms with Gasteiger partial charge in [0, 0.05) is 31.4 Å². The Morgan fingerprint density at radius 2 is 1.65 bits per heavy atom. The third kappa shape index (κ3) is 3.92. The van der Waals surface area contributed by atoms with Crippen LogP contribution < -0.4 is 21.7 Å². The van der Waals surface area contributed by atoms with Crippen LogP contribution in [-0.2, 0) is 11.3 Å². The average molecular weight is 354 g/mol. The van der Waals surface area contributed by atoms with Crippen LogP contribution in [0.5, 0.6) is 0 Å². The molecule has 3 amide bonds. The van der Waals surface area contributed by atoms with Gasteiger partial charge in [-0.25, -0.2) is 9.59 Å². The molecule has 0 atom stereocenters. The minimum atomic E-state index is -0.483. The van der Waals surface area contributed by atoms with Crippen LogP contribution in [0.4, 0.5) is 16.2 Å². The SMILES string of the molecule is CNC(=O)Nc1ccc(NC(=O)CCn2c(=O)oc3ccccc32)cc1. The summed E-state index contributed by atoms with van der Waals surface area (Å²) in [5.74, 6) is -0.710. The summed E-state index contributed by atoms with van der Waals surface area (Å²) < 4.78 is 6.58. The maximum atomic E-state index is 12.1. The third-order valence-corrected chi connectivity index (χ3v) is 3.79. The standard InChI is InChI=1S/C18H18N4O4/c1-19-17(24)21-13-8-6-12(7-9-13)20-16(23)10-11-22-14-4-2-3-5-15(14)26-18(22)25/h2-9H,10-11H2,1H3,(H,20,23)(H2,19,21,24). The first-order valence-corrected chi connectivity index (χ1v) is 8.04. The summed E-state index contributed by atoms with van der Waals surface area (Å²) in [6, 6.07) is 13.5. The van der Waals surface area contributed by atoms with Crippen molar-refractivity contribution in [2.45, 2.75) is 13.0 Å². The van der Waals surface area contributed by atoms with Gasteiger partial charge in [-0.05, 0) is 36.4 Å². The molecule has 0 aliphatic rings. The lowest BCUT2D eigenvalue weighted by atomic mass is 10.2. The Kier molecular flexibility index (Phi) is 5.02. The van der Waals surface area contributed by atoms with Crippen molar-refractivity contribution in [3.8, 4) is 0 Å². The topological polar surface area (TPSA) is 105 Å². The van der Waals surface area contributed by atoms with Crippen LogP contribution in [0.3, 0.4) is 0 Å². The molecule has 3 N–H and O–H groups in total. The number of carbonyl (C=O) groups excluding carboxylic acids is 2. The number of hydrogen-bond acceptors (Lipinski definition) is 4. The number of benzene rings is 2. The van der Waals surface area contributed by atoms with E-state index in [4.69, 9.17) is 4.42 Å². The number of para-hydroxylation sites is 2. The fraction of sp³-hybridized carbons (Fsp3) is 0.167. The number of carbonyl (C=O) groups is 2. The van der Waals surface area contributed by atoms with E-state index >= 15 is 0 Å². The molecule has 1 aromatic heterocycles. The number of anilines is 2. The number of nitrogens with zero attached hydrogens (tertiary/aromatic N) is 1. The van der Waals surface area contributed by atoms with Crippen LogP contribution in [0.15, 0.2) is 57.7 Å². The van der Waals surface area contributed by atoms with Gasteiger partial charge in [-0.3, -0.25) is 9.36 Å². The van der Waals surface area contributed by atoms with Crippen LogP contribution in [0.1, 0.15) is 6.42 Å². The number of oxazole rings is 1. The molecule has 1 heterocycles. The van der Waals surface area contributed by atoms with E-state index in [0.29, 0.717) is 22.5 Å². The van der Waals surface area contributed by atoms with Crippen molar-refractivity contribution < 1.29 is 14.0 Å². The molecular formula is C18H18N4O4. The molecule has 8 heteroatoms. The highest BCUT2D eigenvalue weighted by atomic mass is 16.4. The molecule has 26 heavy (non-hydrogen) atoms. The van der Waals surface area contributed by atoms with E-state index in [1.54, 1.807) is 42.5 Å². The van der Waals surface area contributed by atoms with Crippen molar-refractivity contribution in [3.05, 3.63) is 59.1 Å². The van der Waals surface area contributed by atoms with Crippen molar-refractivity contribution in [2.24, 2.45) is 0 Å². The van der Waals surface area contributed by atoms with E-state index in [1.807, 2.05) is 6.07 Å². The molecule has 0 unspecified atom stereocenters. The number of rotatable bonds is 5. The number of hydrogen-bond donors (Lipinski definition) is 3. The molecule has 0 bridgehead atoms. The number of fused-ring (bicyclic) bond motifs is 1. The molecule has 2 aromatic carbocycles. The largest absolute Gasteiger partial charge is 0.419 e. The molecule has 0 saturated heterocycles. The first-order valence-electron chi connectivity index (χ1n) is 8.04. The lowest BCUT2D eigenvalue weighted by Gasteiger charge is -2.08. The lowest BCUT2D eigenvalue weighted by Crippen LogP contribution is -2.24. The van der Waals surface area contributed by atoms with Crippen LogP contribution >= 0.6 is 0 Å². The zero-order valence-corrected chi connectivity index (χ0v) is 14.1. The first kappa shape index (κ1) is 17.3. The minimum Gasteiger partial charge on any atom is -0.408 e. The molecule has 0 saturated carbocycles. The zero-order valence-electron chi connectivity index (χ0n) is 14.1. The van der Waals surface area contributed by atoms with E-state index < -0.39 is 5.76 Å². The summed E-state index contributed by atoms with van der Waals surface area (Å²) in [7, 11) is 1.53. The Morgan fingerprint density at radius 3 is 2.35 bits per heavy atom. The summed E-state index contributed by atoms with van der Waals surface area (Å²) >= 11 is 0. The van der Waals surface area contributed by atoms with Crippen LogP contribution in [0.2, 0.25) is 0 Å². The molecule has 0 radical (unpaired) electrons. The van der Waals surface area contributed by atoms with Crippen LogP contribution in [-0.4, -0.2) is 23.6 Å². The molecule has 0 spiro atoms. The summed E-state index contributed by atoms with van der Waals surface area (Å²) in [6.45, 7) is 0.220. The maximum absolute atomic E-state index is 12.1. The zero-order chi connectivity index (χ0) is 18.5. The molecule has 0 aliphatic heterocycles. The average Bonchev–Trinajstić information content (AvgIpc) is 2.96. The predicted molar refractivity (Wildman–Crippen MR) is 98.2 cm³/mol. The Bertz CT molecular complexity index is 988. The molecule has 0 fully saturated rings. The van der Waals surface area contributed by atoms with E-state index in [9.17, 15) is 14.4 Å². The summed E-state index contributed by atoms with van der Waals surface area (Å²) in [6.07, 6.45) is 0.127. The Morgan fingerprint density at radius 1 is 1.00 bits per heavy atom. The smallest absolute Gasteiger partial charge is 0.408 e. The molecule has 134 valence electrons. The van der Waals surface area contributed by atoms with E-state index in [1.165, 1.54) is 11.6 Å². The van der Waals surface area contributed by atoms with Crippen LogP contribution in [0.25, 0.3) is 11.1 Å². The van der Waals surface area contributed by atoms with Gasteiger partial charge in [0.25, 0.3) is 0 Å². The number of urea groups is 1. The third-order valence-electron chi connectivity index (χ3n) is 3.79. The van der Waals surface area contributed by atoms with Crippen molar-refractivity contribution in [3.63, 3.8) is 0 Å². The molecule has 0 aliphatic carbocycles. The maximum Gasteiger partial charge on any atom is 0.419 e. The monoisotopic (exact) mass is 354 g/mol. The van der Waals surface area contributed by atoms with Gasteiger partial charge >= 0.3 is 11.8 Å².